The molecule has 4 nitrogen and oxygen atoms in total. The average Bonchev–Trinajstić information content (AvgIpc) is 2.97. The zero-order chi connectivity index (χ0) is 26.5. The minimum atomic E-state index is -0.371. The van der Waals surface area contributed by atoms with Gasteiger partial charge in [0.1, 0.15) is 5.75 Å². The average molecular weight is 508 g/mol. The van der Waals surface area contributed by atoms with Crippen LogP contribution < -0.4 is 4.74 Å². The van der Waals surface area contributed by atoms with E-state index in [2.05, 4.69) is 83.8 Å². The van der Waals surface area contributed by atoms with Gasteiger partial charge in [0.15, 0.2) is 0 Å². The summed E-state index contributed by atoms with van der Waals surface area (Å²) >= 11 is 0. The van der Waals surface area contributed by atoms with Crippen LogP contribution in [-0.2, 0) is 34.5 Å². The number of hydrogen-bond donors (Lipinski definition) is 0. The number of hydrogen-bond acceptors (Lipinski definition) is 4. The summed E-state index contributed by atoms with van der Waals surface area (Å²) in [5.41, 5.74) is 7.43. The van der Waals surface area contributed by atoms with E-state index in [1.54, 1.807) is 7.11 Å². The van der Waals surface area contributed by atoms with Crippen molar-refractivity contribution in [2.75, 3.05) is 20.3 Å². The minimum Gasteiger partial charge on any atom is -0.497 e. The van der Waals surface area contributed by atoms with Crippen molar-refractivity contribution in [2.24, 2.45) is 5.92 Å². The number of ether oxygens (including phenoxy) is 2. The molecule has 0 N–H and O–H groups in total. The number of carbonyl (C=O) groups excluding carboxylic acids is 1. The van der Waals surface area contributed by atoms with Crippen molar-refractivity contribution in [1.29, 1.82) is 0 Å². The molecule has 3 aromatic rings. The van der Waals surface area contributed by atoms with Crippen molar-refractivity contribution in [3.63, 3.8) is 0 Å². The Morgan fingerprint density at radius 2 is 1.82 bits per heavy atom. The van der Waals surface area contributed by atoms with Gasteiger partial charge in [-0.25, -0.2) is 0 Å². The third-order valence-corrected chi connectivity index (χ3v) is 8.05. The van der Waals surface area contributed by atoms with E-state index in [1.165, 1.54) is 27.8 Å². The molecule has 1 aliphatic carbocycles. The summed E-state index contributed by atoms with van der Waals surface area (Å²) in [6, 6.07) is 25.9. The van der Waals surface area contributed by atoms with Crippen molar-refractivity contribution in [3.8, 4) is 5.75 Å². The highest BCUT2D eigenvalue weighted by Gasteiger charge is 2.39. The van der Waals surface area contributed by atoms with Gasteiger partial charge in [0.25, 0.3) is 0 Å². The molecule has 0 radical (unpaired) electrons. The van der Waals surface area contributed by atoms with E-state index in [1.807, 2.05) is 26.0 Å². The van der Waals surface area contributed by atoms with Gasteiger partial charge in [-0.2, -0.15) is 0 Å². The molecule has 2 aliphatic rings. The number of esters is 1. The molecular formula is C34H37NO3. The van der Waals surface area contributed by atoms with Crippen LogP contribution in [0.5, 0.6) is 5.75 Å². The van der Waals surface area contributed by atoms with Crippen molar-refractivity contribution in [1.82, 2.24) is 4.90 Å². The summed E-state index contributed by atoms with van der Waals surface area (Å²) in [5, 5.41) is 0. The summed E-state index contributed by atoms with van der Waals surface area (Å²) in [5.74, 6) is 0.383. The molecule has 0 saturated heterocycles. The lowest BCUT2D eigenvalue weighted by Crippen LogP contribution is -2.35. The highest BCUT2D eigenvalue weighted by molar-refractivity contribution is 5.76. The predicted molar refractivity (Wildman–Crippen MR) is 152 cm³/mol. The van der Waals surface area contributed by atoms with Gasteiger partial charge in [-0.3, -0.25) is 9.69 Å². The number of nitrogens with zero attached hydrogens (tertiary/aromatic N) is 1. The van der Waals surface area contributed by atoms with Crippen LogP contribution in [0, 0.1) is 5.92 Å². The van der Waals surface area contributed by atoms with Gasteiger partial charge in [-0.15, -0.1) is 0 Å². The van der Waals surface area contributed by atoms with E-state index >= 15 is 0 Å². The predicted octanol–water partition coefficient (Wildman–Crippen LogP) is 6.63. The number of fused-ring (bicyclic) bond motifs is 1. The lowest BCUT2D eigenvalue weighted by Gasteiger charge is -2.40. The Morgan fingerprint density at radius 1 is 1.03 bits per heavy atom. The first-order valence-electron chi connectivity index (χ1n) is 13.6. The summed E-state index contributed by atoms with van der Waals surface area (Å²) in [7, 11) is 1.70. The van der Waals surface area contributed by atoms with Crippen LogP contribution in [0.25, 0.3) is 0 Å². The molecule has 0 fully saturated rings. The smallest absolute Gasteiger partial charge is 0.312 e. The van der Waals surface area contributed by atoms with Crippen LogP contribution in [0.15, 0.2) is 96.6 Å². The number of allylic oxidation sites excluding steroid dienone is 3. The van der Waals surface area contributed by atoms with Crippen LogP contribution >= 0.6 is 0 Å². The second kappa shape index (κ2) is 11.4. The van der Waals surface area contributed by atoms with E-state index in [-0.39, 0.29) is 17.3 Å². The van der Waals surface area contributed by atoms with Gasteiger partial charge >= 0.3 is 5.97 Å². The number of benzene rings is 3. The summed E-state index contributed by atoms with van der Waals surface area (Å²) in [6.07, 6.45) is 8.28. The van der Waals surface area contributed by atoms with E-state index in [0.717, 1.165) is 43.8 Å². The maximum Gasteiger partial charge on any atom is 0.312 e. The third-order valence-electron chi connectivity index (χ3n) is 8.05. The molecule has 2 atom stereocenters. The number of methoxy groups -OCH3 is 1. The van der Waals surface area contributed by atoms with E-state index in [0.29, 0.717) is 6.61 Å². The first-order chi connectivity index (χ1) is 18.5. The second-order valence-electron chi connectivity index (χ2n) is 10.3. The van der Waals surface area contributed by atoms with E-state index in [9.17, 15) is 4.79 Å². The van der Waals surface area contributed by atoms with Crippen LogP contribution in [0.2, 0.25) is 0 Å². The molecule has 4 heteroatoms. The Balaban J connectivity index is 1.53. The monoisotopic (exact) mass is 507 g/mol. The highest BCUT2D eigenvalue weighted by atomic mass is 16.5. The molecule has 0 bridgehead atoms. The van der Waals surface area contributed by atoms with Crippen molar-refractivity contribution in [3.05, 3.63) is 124 Å². The SMILES string of the molecule is CCOC(=O)C(C)C1=CC=CC(c2ccc(OC)cc2)(c2cccc3c2CCN(Cc2ccccc2)C3)C1. The molecule has 0 saturated carbocycles. The molecule has 38 heavy (non-hydrogen) atoms. The van der Waals surface area contributed by atoms with Gasteiger partial charge in [-0.1, -0.05) is 84.5 Å². The first kappa shape index (κ1) is 26.0. The maximum atomic E-state index is 12.7. The molecule has 1 heterocycles. The molecule has 5 rings (SSSR count). The molecule has 3 aromatic carbocycles. The Kier molecular flexibility index (Phi) is 7.80. The highest BCUT2D eigenvalue weighted by Crippen LogP contribution is 2.46. The van der Waals surface area contributed by atoms with Gasteiger partial charge in [0.2, 0.25) is 0 Å². The Bertz CT molecular complexity index is 1330. The fourth-order valence-corrected chi connectivity index (χ4v) is 5.98. The zero-order valence-corrected chi connectivity index (χ0v) is 22.7. The zero-order valence-electron chi connectivity index (χ0n) is 22.7. The molecule has 2 unspecified atom stereocenters. The first-order valence-corrected chi connectivity index (χ1v) is 13.6. The van der Waals surface area contributed by atoms with Crippen molar-refractivity contribution in [2.45, 2.75) is 45.2 Å². The van der Waals surface area contributed by atoms with Gasteiger partial charge in [0.05, 0.1) is 19.6 Å². The number of carbonyl (C=O) groups is 1. The lowest BCUT2D eigenvalue weighted by atomic mass is 9.65. The van der Waals surface area contributed by atoms with E-state index in [4.69, 9.17) is 9.47 Å². The molecule has 0 spiro atoms. The maximum absolute atomic E-state index is 12.7. The largest absolute Gasteiger partial charge is 0.497 e. The molecule has 1 aliphatic heterocycles. The van der Waals surface area contributed by atoms with Crippen LogP contribution in [0.1, 0.15) is 48.1 Å². The summed E-state index contributed by atoms with van der Waals surface area (Å²) < 4.78 is 10.9. The van der Waals surface area contributed by atoms with Gasteiger partial charge in [0, 0.05) is 25.0 Å². The molecular weight excluding hydrogens is 470 g/mol. The molecule has 0 aromatic heterocycles. The van der Waals surface area contributed by atoms with Crippen LogP contribution in [-0.4, -0.2) is 31.1 Å². The normalized spacial score (nSPS) is 19.8. The minimum absolute atomic E-state index is 0.163. The molecule has 196 valence electrons. The van der Waals surface area contributed by atoms with Crippen LogP contribution in [0.4, 0.5) is 0 Å². The summed E-state index contributed by atoms with van der Waals surface area (Å²) in [4.78, 5) is 15.3. The van der Waals surface area contributed by atoms with Crippen molar-refractivity contribution >= 4 is 5.97 Å². The fraction of sp³-hybridized carbons (Fsp3) is 0.324. The Labute approximate surface area is 226 Å². The fourth-order valence-electron chi connectivity index (χ4n) is 5.98. The molecule has 0 amide bonds. The number of rotatable bonds is 8. The quantitative estimate of drug-likeness (QED) is 0.321. The van der Waals surface area contributed by atoms with E-state index < -0.39 is 0 Å². The van der Waals surface area contributed by atoms with Crippen LogP contribution in [0.3, 0.4) is 0 Å². The Morgan fingerprint density at radius 3 is 2.55 bits per heavy atom. The Hall–Kier alpha value is -3.63. The third kappa shape index (κ3) is 5.19. The second-order valence-corrected chi connectivity index (χ2v) is 10.3. The summed E-state index contributed by atoms with van der Waals surface area (Å²) in [6.45, 7) is 7.12. The van der Waals surface area contributed by atoms with Crippen molar-refractivity contribution < 1.29 is 14.3 Å². The lowest BCUT2D eigenvalue weighted by molar-refractivity contribution is -0.146. The van der Waals surface area contributed by atoms with Gasteiger partial charge in [-0.05, 0) is 66.6 Å². The standard InChI is InChI=1S/C34H37NO3/c1-4-38-33(36)25(2)27-13-9-20-34(22-27,29-15-17-30(37-3)18-16-29)32-14-8-12-28-24-35(21-19-31(28)32)23-26-10-6-5-7-11-26/h5-18,20,25H,4,19,21-24H2,1-3H3. The van der Waals surface area contributed by atoms with Gasteiger partial charge < -0.3 is 9.47 Å². The topological polar surface area (TPSA) is 38.8 Å².